The Bertz CT molecular complexity index is 450. The Morgan fingerprint density at radius 3 is 2.48 bits per heavy atom. The summed E-state index contributed by atoms with van der Waals surface area (Å²) < 4.78 is 5.50. The minimum Gasteiger partial charge on any atom is -0.385 e. The Labute approximate surface area is 126 Å². The Kier molecular flexibility index (Phi) is 7.53. The van der Waals surface area contributed by atoms with Crippen LogP contribution in [0.15, 0.2) is 18.2 Å². The van der Waals surface area contributed by atoms with E-state index in [1.807, 2.05) is 13.0 Å². The van der Waals surface area contributed by atoms with Gasteiger partial charge in [0.2, 0.25) is 0 Å². The maximum Gasteiger partial charge on any atom is 0.273 e. The van der Waals surface area contributed by atoms with Gasteiger partial charge >= 0.3 is 0 Å². The van der Waals surface area contributed by atoms with Gasteiger partial charge in [-0.25, -0.2) is 0 Å². The van der Waals surface area contributed by atoms with Gasteiger partial charge in [-0.1, -0.05) is 13.8 Å². The molecule has 0 radical (unpaired) electrons. The SMILES string of the molecule is CCNc1cc(NCCCOCC(C)C)cc([N+](=O)[O-])c1. The minimum absolute atomic E-state index is 0.0898. The van der Waals surface area contributed by atoms with E-state index in [-0.39, 0.29) is 10.6 Å². The maximum absolute atomic E-state index is 10.9. The summed E-state index contributed by atoms with van der Waals surface area (Å²) in [6.45, 7) is 9.10. The molecular formula is C15H25N3O3. The molecule has 0 aliphatic carbocycles. The van der Waals surface area contributed by atoms with Crippen LogP contribution in [-0.2, 0) is 4.74 Å². The Morgan fingerprint density at radius 2 is 1.90 bits per heavy atom. The third-order valence-electron chi connectivity index (χ3n) is 2.76. The highest BCUT2D eigenvalue weighted by atomic mass is 16.6. The lowest BCUT2D eigenvalue weighted by molar-refractivity contribution is -0.384. The van der Waals surface area contributed by atoms with Gasteiger partial charge in [-0.05, 0) is 25.3 Å². The lowest BCUT2D eigenvalue weighted by atomic mass is 10.2. The summed E-state index contributed by atoms with van der Waals surface area (Å²) in [7, 11) is 0. The fourth-order valence-electron chi connectivity index (χ4n) is 1.85. The highest BCUT2D eigenvalue weighted by molar-refractivity contribution is 5.63. The number of benzene rings is 1. The summed E-state index contributed by atoms with van der Waals surface area (Å²) in [5, 5.41) is 17.2. The summed E-state index contributed by atoms with van der Waals surface area (Å²) in [4.78, 5) is 10.5. The summed E-state index contributed by atoms with van der Waals surface area (Å²) in [6, 6.07) is 4.97. The van der Waals surface area contributed by atoms with Crippen molar-refractivity contribution < 1.29 is 9.66 Å². The van der Waals surface area contributed by atoms with Gasteiger partial charge in [0.05, 0.1) is 4.92 Å². The molecule has 0 unspecified atom stereocenters. The van der Waals surface area contributed by atoms with Crippen LogP contribution in [0.5, 0.6) is 0 Å². The largest absolute Gasteiger partial charge is 0.385 e. The van der Waals surface area contributed by atoms with E-state index in [2.05, 4.69) is 24.5 Å². The van der Waals surface area contributed by atoms with Crippen LogP contribution in [-0.4, -0.2) is 31.2 Å². The van der Waals surface area contributed by atoms with Crippen LogP contribution in [0.1, 0.15) is 27.2 Å². The molecule has 1 aromatic rings. The van der Waals surface area contributed by atoms with Crippen LogP contribution < -0.4 is 10.6 Å². The van der Waals surface area contributed by atoms with Crippen molar-refractivity contribution in [3.8, 4) is 0 Å². The van der Waals surface area contributed by atoms with Gasteiger partial charge in [-0.15, -0.1) is 0 Å². The molecule has 0 bridgehead atoms. The Balaban J connectivity index is 2.48. The van der Waals surface area contributed by atoms with Crippen molar-refractivity contribution >= 4 is 17.1 Å². The van der Waals surface area contributed by atoms with Crippen molar-refractivity contribution in [1.82, 2.24) is 0 Å². The molecule has 0 heterocycles. The van der Waals surface area contributed by atoms with Gasteiger partial charge in [0.15, 0.2) is 0 Å². The fourth-order valence-corrected chi connectivity index (χ4v) is 1.85. The number of nitro benzene ring substituents is 1. The maximum atomic E-state index is 10.9. The van der Waals surface area contributed by atoms with Crippen LogP contribution in [0.2, 0.25) is 0 Å². The quantitative estimate of drug-likeness (QED) is 0.392. The Morgan fingerprint density at radius 1 is 1.24 bits per heavy atom. The first kappa shape index (κ1) is 17.2. The predicted molar refractivity (Wildman–Crippen MR) is 86.0 cm³/mol. The second kappa shape index (κ2) is 9.18. The number of ether oxygens (including phenoxy) is 1. The molecule has 0 saturated heterocycles. The van der Waals surface area contributed by atoms with Crippen LogP contribution >= 0.6 is 0 Å². The number of rotatable bonds is 10. The molecule has 0 aliphatic rings. The zero-order valence-electron chi connectivity index (χ0n) is 13.0. The lowest BCUT2D eigenvalue weighted by Crippen LogP contribution is -2.09. The second-order valence-corrected chi connectivity index (χ2v) is 5.31. The highest BCUT2D eigenvalue weighted by Crippen LogP contribution is 2.24. The molecule has 6 nitrogen and oxygen atoms in total. The number of non-ortho nitro benzene ring substituents is 1. The average molecular weight is 295 g/mol. The molecule has 118 valence electrons. The molecule has 0 saturated carbocycles. The van der Waals surface area contributed by atoms with E-state index in [1.54, 1.807) is 12.1 Å². The number of hydrogen-bond donors (Lipinski definition) is 2. The third-order valence-corrected chi connectivity index (χ3v) is 2.76. The van der Waals surface area contributed by atoms with Gasteiger partial charge in [0, 0.05) is 49.8 Å². The molecule has 1 rings (SSSR count). The van der Waals surface area contributed by atoms with Crippen LogP contribution in [0.3, 0.4) is 0 Å². The van der Waals surface area contributed by atoms with Crippen molar-refractivity contribution in [1.29, 1.82) is 0 Å². The molecule has 0 fully saturated rings. The van der Waals surface area contributed by atoms with Crippen molar-refractivity contribution in [2.24, 2.45) is 5.92 Å². The highest BCUT2D eigenvalue weighted by Gasteiger charge is 2.09. The van der Waals surface area contributed by atoms with E-state index in [4.69, 9.17) is 4.74 Å². The fraction of sp³-hybridized carbons (Fsp3) is 0.600. The standard InChI is InChI=1S/C15H25N3O3/c1-4-16-13-8-14(10-15(9-13)18(19)20)17-6-5-7-21-11-12(2)3/h8-10,12,16-17H,4-7,11H2,1-3H3. The van der Waals surface area contributed by atoms with Crippen molar-refractivity contribution in [3.05, 3.63) is 28.3 Å². The van der Waals surface area contributed by atoms with E-state index in [9.17, 15) is 10.1 Å². The first-order valence-corrected chi connectivity index (χ1v) is 7.38. The second-order valence-electron chi connectivity index (χ2n) is 5.31. The van der Waals surface area contributed by atoms with Crippen molar-refractivity contribution in [2.75, 3.05) is 36.9 Å². The summed E-state index contributed by atoms with van der Waals surface area (Å²) in [5.41, 5.74) is 1.60. The first-order valence-electron chi connectivity index (χ1n) is 7.38. The molecule has 21 heavy (non-hydrogen) atoms. The molecule has 2 N–H and O–H groups in total. The molecule has 0 amide bonds. The van der Waals surface area contributed by atoms with E-state index >= 15 is 0 Å². The molecule has 0 spiro atoms. The lowest BCUT2D eigenvalue weighted by Gasteiger charge is -2.10. The summed E-state index contributed by atoms with van der Waals surface area (Å²) in [6.07, 6.45) is 0.867. The number of anilines is 2. The average Bonchev–Trinajstić information content (AvgIpc) is 2.42. The van der Waals surface area contributed by atoms with Crippen molar-refractivity contribution in [2.45, 2.75) is 27.2 Å². The Hall–Kier alpha value is -1.82. The number of hydrogen-bond acceptors (Lipinski definition) is 5. The van der Waals surface area contributed by atoms with E-state index < -0.39 is 0 Å². The minimum atomic E-state index is -0.377. The monoisotopic (exact) mass is 295 g/mol. The van der Waals surface area contributed by atoms with Gasteiger partial charge in [-0.2, -0.15) is 0 Å². The zero-order chi connectivity index (χ0) is 15.7. The van der Waals surface area contributed by atoms with Crippen LogP contribution in [0.4, 0.5) is 17.1 Å². The predicted octanol–water partition coefficient (Wildman–Crippen LogP) is 3.50. The normalized spacial score (nSPS) is 10.7. The van der Waals surface area contributed by atoms with Crippen molar-refractivity contribution in [3.63, 3.8) is 0 Å². The molecule has 0 aliphatic heterocycles. The van der Waals surface area contributed by atoms with E-state index in [1.165, 1.54) is 0 Å². The van der Waals surface area contributed by atoms with Gasteiger partial charge < -0.3 is 15.4 Å². The van der Waals surface area contributed by atoms with E-state index in [0.717, 1.165) is 37.5 Å². The number of nitro groups is 1. The topological polar surface area (TPSA) is 76.4 Å². The number of nitrogens with one attached hydrogen (secondary N) is 2. The molecule has 0 aromatic heterocycles. The number of nitrogens with zero attached hydrogens (tertiary/aromatic N) is 1. The van der Waals surface area contributed by atoms with Gasteiger partial charge in [-0.3, -0.25) is 10.1 Å². The van der Waals surface area contributed by atoms with Crippen LogP contribution in [0.25, 0.3) is 0 Å². The van der Waals surface area contributed by atoms with Gasteiger partial charge in [0.25, 0.3) is 5.69 Å². The van der Waals surface area contributed by atoms with Gasteiger partial charge in [0.1, 0.15) is 0 Å². The van der Waals surface area contributed by atoms with E-state index in [0.29, 0.717) is 12.5 Å². The molecular weight excluding hydrogens is 270 g/mol. The first-order chi connectivity index (χ1) is 10.0. The van der Waals surface area contributed by atoms with Crippen LogP contribution in [0, 0.1) is 16.0 Å². The summed E-state index contributed by atoms with van der Waals surface area (Å²) >= 11 is 0. The zero-order valence-corrected chi connectivity index (χ0v) is 13.0. The smallest absolute Gasteiger partial charge is 0.273 e. The summed E-state index contributed by atoms with van der Waals surface area (Å²) in [5.74, 6) is 0.539. The molecule has 0 atom stereocenters. The molecule has 6 heteroatoms. The third kappa shape index (κ3) is 6.94. The molecule has 1 aromatic carbocycles.